The minimum absolute atomic E-state index is 0.0646. The van der Waals surface area contributed by atoms with Gasteiger partial charge >= 0.3 is 0 Å². The van der Waals surface area contributed by atoms with Gasteiger partial charge in [0.05, 0.1) is 6.61 Å². The first-order chi connectivity index (χ1) is 13.3. The number of amides is 1. The second kappa shape index (κ2) is 8.24. The number of carbonyl (C=O) groups excluding carboxylic acids is 1. The van der Waals surface area contributed by atoms with E-state index in [-0.39, 0.29) is 30.5 Å². The van der Waals surface area contributed by atoms with E-state index in [2.05, 4.69) is 17.4 Å². The van der Waals surface area contributed by atoms with Crippen LogP contribution >= 0.6 is 0 Å². The molecule has 2 aromatic rings. The highest BCUT2D eigenvalue weighted by atomic mass is 16.3. The quantitative estimate of drug-likeness (QED) is 0.794. The van der Waals surface area contributed by atoms with Gasteiger partial charge in [0.15, 0.2) is 0 Å². The Labute approximate surface area is 161 Å². The van der Waals surface area contributed by atoms with Crippen molar-refractivity contribution < 1.29 is 9.90 Å². The second-order valence-corrected chi connectivity index (χ2v) is 7.87. The summed E-state index contributed by atoms with van der Waals surface area (Å²) in [4.78, 5) is 15.2. The number of benzene rings is 2. The summed E-state index contributed by atoms with van der Waals surface area (Å²) in [6.07, 6.45) is 3.72. The Balaban J connectivity index is 1.51. The fourth-order valence-corrected chi connectivity index (χ4v) is 4.34. The highest BCUT2D eigenvalue weighted by Gasteiger charge is 2.42. The molecule has 2 fully saturated rings. The fourth-order valence-electron chi connectivity index (χ4n) is 4.34. The highest BCUT2D eigenvalue weighted by Crippen LogP contribution is 2.34. The predicted octanol–water partition coefficient (Wildman–Crippen LogP) is 3.05. The number of rotatable bonds is 7. The third-order valence-electron chi connectivity index (χ3n) is 6.10. The van der Waals surface area contributed by atoms with Crippen molar-refractivity contribution >= 4 is 5.91 Å². The third-order valence-corrected chi connectivity index (χ3v) is 6.10. The predicted molar refractivity (Wildman–Crippen MR) is 107 cm³/mol. The third kappa shape index (κ3) is 3.92. The lowest BCUT2D eigenvalue weighted by molar-refractivity contribution is 0.0554. The van der Waals surface area contributed by atoms with Crippen LogP contribution in [0.5, 0.6) is 0 Å². The van der Waals surface area contributed by atoms with E-state index in [1.54, 1.807) is 0 Å². The Kier molecular flexibility index (Phi) is 5.55. The fraction of sp³-hybridized carbons (Fsp3) is 0.435. The minimum Gasteiger partial charge on any atom is -0.395 e. The lowest BCUT2D eigenvalue weighted by Crippen LogP contribution is -2.65. The molecule has 27 heavy (non-hydrogen) atoms. The van der Waals surface area contributed by atoms with Gasteiger partial charge in [-0.05, 0) is 36.5 Å². The molecular weight excluding hydrogens is 336 g/mol. The molecule has 2 aliphatic rings. The Morgan fingerprint density at radius 1 is 0.963 bits per heavy atom. The molecule has 4 rings (SSSR count). The number of hydrogen-bond acceptors (Lipinski definition) is 3. The van der Waals surface area contributed by atoms with Crippen LogP contribution in [0.1, 0.15) is 41.1 Å². The van der Waals surface area contributed by atoms with Gasteiger partial charge in [-0.25, -0.2) is 0 Å². The molecule has 2 aromatic carbocycles. The van der Waals surface area contributed by atoms with Crippen LogP contribution in [0.3, 0.4) is 0 Å². The molecule has 1 saturated heterocycles. The molecule has 0 spiro atoms. The first-order valence-corrected chi connectivity index (χ1v) is 10.0. The van der Waals surface area contributed by atoms with Crippen LogP contribution in [0.25, 0.3) is 0 Å². The van der Waals surface area contributed by atoms with Crippen molar-refractivity contribution in [3.63, 3.8) is 0 Å². The Hall–Kier alpha value is -2.17. The monoisotopic (exact) mass is 364 g/mol. The van der Waals surface area contributed by atoms with Gasteiger partial charge in [-0.15, -0.1) is 0 Å². The summed E-state index contributed by atoms with van der Waals surface area (Å²) in [6.45, 7) is 1.63. The Morgan fingerprint density at radius 3 is 2.22 bits per heavy atom. The summed E-state index contributed by atoms with van der Waals surface area (Å²) in [7, 11) is 0. The largest absolute Gasteiger partial charge is 0.395 e. The molecule has 1 aliphatic carbocycles. The topological polar surface area (TPSA) is 52.6 Å². The average molecular weight is 364 g/mol. The van der Waals surface area contributed by atoms with Crippen molar-refractivity contribution in [2.45, 2.75) is 37.3 Å². The normalized spacial score (nSPS) is 24.7. The van der Waals surface area contributed by atoms with Crippen molar-refractivity contribution in [3.8, 4) is 0 Å². The molecule has 3 atom stereocenters. The Morgan fingerprint density at radius 2 is 1.63 bits per heavy atom. The molecule has 2 N–H and O–H groups in total. The van der Waals surface area contributed by atoms with Crippen molar-refractivity contribution in [2.24, 2.45) is 5.92 Å². The molecule has 1 heterocycles. The van der Waals surface area contributed by atoms with Crippen LogP contribution in [0, 0.1) is 5.92 Å². The van der Waals surface area contributed by atoms with E-state index in [0.717, 1.165) is 12.1 Å². The van der Waals surface area contributed by atoms with E-state index in [1.165, 1.54) is 24.8 Å². The van der Waals surface area contributed by atoms with E-state index in [1.807, 2.05) is 53.4 Å². The van der Waals surface area contributed by atoms with Gasteiger partial charge in [0, 0.05) is 36.7 Å². The molecular formula is C23H28N2O2. The molecule has 1 amide bonds. The molecule has 1 aliphatic heterocycles. The van der Waals surface area contributed by atoms with Crippen LogP contribution < -0.4 is 5.32 Å². The summed E-state index contributed by atoms with van der Waals surface area (Å²) < 4.78 is 0. The van der Waals surface area contributed by atoms with Gasteiger partial charge < -0.3 is 15.3 Å². The maximum atomic E-state index is 13.1. The van der Waals surface area contributed by atoms with Crippen molar-refractivity contribution in [3.05, 3.63) is 71.8 Å². The van der Waals surface area contributed by atoms with Gasteiger partial charge in [0.1, 0.15) is 0 Å². The number of nitrogens with one attached hydrogen (secondary N) is 1. The molecule has 1 saturated carbocycles. The van der Waals surface area contributed by atoms with Crippen LogP contribution in [0.15, 0.2) is 60.7 Å². The SMILES string of the molecule is O=C(c1ccccc1)N(CC1CCC1)C[C@@H]1N[C@H](CO)[C@@H]1c1ccccc1. The van der Waals surface area contributed by atoms with Gasteiger partial charge in [-0.1, -0.05) is 55.0 Å². The van der Waals surface area contributed by atoms with Crippen LogP contribution in [0.2, 0.25) is 0 Å². The van der Waals surface area contributed by atoms with Gasteiger partial charge in [-0.3, -0.25) is 4.79 Å². The zero-order chi connectivity index (χ0) is 18.6. The van der Waals surface area contributed by atoms with Crippen LogP contribution in [0.4, 0.5) is 0 Å². The summed E-state index contributed by atoms with van der Waals surface area (Å²) in [5, 5.41) is 13.2. The van der Waals surface area contributed by atoms with Crippen LogP contribution in [-0.2, 0) is 0 Å². The standard InChI is InChI=1S/C23H28N2O2/c26-16-21-22(18-10-3-1-4-11-18)20(24-21)15-25(14-17-8-7-9-17)23(27)19-12-5-2-6-13-19/h1-6,10-13,17,20-22,24,26H,7-9,14-16H2/t20-,21+,22+/m0/s1. The van der Waals surface area contributed by atoms with E-state index < -0.39 is 0 Å². The first-order valence-electron chi connectivity index (χ1n) is 10.0. The smallest absolute Gasteiger partial charge is 0.253 e. The van der Waals surface area contributed by atoms with Gasteiger partial charge in [-0.2, -0.15) is 0 Å². The average Bonchev–Trinajstić information content (AvgIpc) is 2.66. The molecule has 0 radical (unpaired) electrons. The number of hydrogen-bond donors (Lipinski definition) is 2. The first kappa shape index (κ1) is 18.2. The minimum atomic E-state index is 0.0646. The molecule has 0 aromatic heterocycles. The summed E-state index contributed by atoms with van der Waals surface area (Å²) >= 11 is 0. The zero-order valence-corrected chi connectivity index (χ0v) is 15.6. The van der Waals surface area contributed by atoms with Crippen LogP contribution in [-0.4, -0.2) is 47.7 Å². The summed E-state index contributed by atoms with van der Waals surface area (Å²) in [6, 6.07) is 20.2. The maximum Gasteiger partial charge on any atom is 0.253 e. The lowest BCUT2D eigenvalue weighted by Gasteiger charge is -2.48. The van der Waals surface area contributed by atoms with E-state index >= 15 is 0 Å². The number of aliphatic hydroxyl groups excluding tert-OH is 1. The van der Waals surface area contributed by atoms with E-state index in [9.17, 15) is 9.90 Å². The van der Waals surface area contributed by atoms with E-state index in [0.29, 0.717) is 12.5 Å². The second-order valence-electron chi connectivity index (χ2n) is 7.87. The molecule has 0 unspecified atom stereocenters. The summed E-state index contributed by atoms with van der Waals surface area (Å²) in [5.41, 5.74) is 1.99. The van der Waals surface area contributed by atoms with Gasteiger partial charge in [0.25, 0.3) is 5.91 Å². The lowest BCUT2D eigenvalue weighted by atomic mass is 9.77. The summed E-state index contributed by atoms with van der Waals surface area (Å²) in [5.74, 6) is 0.980. The molecule has 142 valence electrons. The molecule has 4 heteroatoms. The highest BCUT2D eigenvalue weighted by molar-refractivity contribution is 5.94. The maximum absolute atomic E-state index is 13.1. The van der Waals surface area contributed by atoms with Crippen molar-refractivity contribution in [2.75, 3.05) is 19.7 Å². The zero-order valence-electron chi connectivity index (χ0n) is 15.6. The van der Waals surface area contributed by atoms with Gasteiger partial charge in [0.2, 0.25) is 0 Å². The van der Waals surface area contributed by atoms with Crippen molar-refractivity contribution in [1.82, 2.24) is 10.2 Å². The molecule has 4 nitrogen and oxygen atoms in total. The number of nitrogens with zero attached hydrogens (tertiary/aromatic N) is 1. The number of aliphatic hydroxyl groups is 1. The molecule has 0 bridgehead atoms. The van der Waals surface area contributed by atoms with E-state index in [4.69, 9.17) is 0 Å². The Bertz CT molecular complexity index is 745. The van der Waals surface area contributed by atoms with Crippen molar-refractivity contribution in [1.29, 1.82) is 0 Å². The number of carbonyl (C=O) groups is 1.